The molecular formula is C23H24BrN5O3. The number of carbonyl (C=O) groups is 1. The zero-order valence-corrected chi connectivity index (χ0v) is 19.6. The summed E-state index contributed by atoms with van der Waals surface area (Å²) in [6.07, 6.45) is 1.46. The van der Waals surface area contributed by atoms with Crippen molar-refractivity contribution in [2.24, 2.45) is 0 Å². The summed E-state index contributed by atoms with van der Waals surface area (Å²) in [6.45, 7) is 6.68. The van der Waals surface area contributed by atoms with E-state index < -0.39 is 6.04 Å². The molecule has 1 aromatic heterocycles. The third kappa shape index (κ3) is 4.20. The van der Waals surface area contributed by atoms with Crippen molar-refractivity contribution >= 4 is 33.5 Å². The van der Waals surface area contributed by atoms with Gasteiger partial charge in [0.1, 0.15) is 23.9 Å². The topological polar surface area (TPSA) is 90.3 Å². The Hall–Kier alpha value is -3.33. The number of carbonyl (C=O) groups excluding carboxylic acids is 1. The fraction of sp³-hybridized carbons (Fsp3) is 0.261. The predicted molar refractivity (Wildman–Crippen MR) is 126 cm³/mol. The number of ether oxygens (including phenoxy) is 2. The van der Waals surface area contributed by atoms with Crippen LogP contribution in [0, 0.1) is 0 Å². The van der Waals surface area contributed by atoms with Gasteiger partial charge in [0.15, 0.2) is 0 Å². The molecule has 0 radical (unpaired) electrons. The smallest absolute Gasteiger partial charge is 0.255 e. The van der Waals surface area contributed by atoms with E-state index in [1.807, 2.05) is 63.2 Å². The number of anilines is 2. The van der Waals surface area contributed by atoms with Crippen LogP contribution < -0.4 is 20.1 Å². The van der Waals surface area contributed by atoms with E-state index in [-0.39, 0.29) is 5.91 Å². The molecule has 1 aliphatic heterocycles. The molecule has 1 amide bonds. The van der Waals surface area contributed by atoms with E-state index in [0.29, 0.717) is 47.6 Å². The Labute approximate surface area is 194 Å². The molecular weight excluding hydrogens is 474 g/mol. The fourth-order valence-corrected chi connectivity index (χ4v) is 4.11. The molecule has 8 nitrogen and oxygen atoms in total. The lowest BCUT2D eigenvalue weighted by atomic mass is 9.94. The summed E-state index contributed by atoms with van der Waals surface area (Å²) in [5.74, 6) is 1.58. The maximum Gasteiger partial charge on any atom is 0.255 e. The van der Waals surface area contributed by atoms with Gasteiger partial charge in [0.05, 0.1) is 24.5 Å². The molecule has 0 bridgehead atoms. The van der Waals surface area contributed by atoms with Gasteiger partial charge in [0.2, 0.25) is 5.95 Å². The maximum absolute atomic E-state index is 13.6. The molecule has 0 saturated heterocycles. The maximum atomic E-state index is 13.6. The largest absolute Gasteiger partial charge is 0.494 e. The highest BCUT2D eigenvalue weighted by molar-refractivity contribution is 9.10. The van der Waals surface area contributed by atoms with Crippen LogP contribution in [0.25, 0.3) is 0 Å². The first kappa shape index (κ1) is 21.9. The molecule has 9 heteroatoms. The van der Waals surface area contributed by atoms with E-state index in [2.05, 4.69) is 36.6 Å². The van der Waals surface area contributed by atoms with Crippen molar-refractivity contribution in [3.63, 3.8) is 0 Å². The highest BCUT2D eigenvalue weighted by Gasteiger charge is 2.35. The van der Waals surface area contributed by atoms with Gasteiger partial charge in [-0.15, -0.1) is 0 Å². The SMILES string of the molecule is CCOc1ccccc1NC(=O)C1=C(C)Nc2ncnn2C1c1cc(Br)ccc1OCC. The molecule has 1 unspecified atom stereocenters. The van der Waals surface area contributed by atoms with Crippen molar-refractivity contribution in [1.82, 2.24) is 14.8 Å². The van der Waals surface area contributed by atoms with E-state index in [9.17, 15) is 4.79 Å². The van der Waals surface area contributed by atoms with Crippen molar-refractivity contribution < 1.29 is 14.3 Å². The number of amides is 1. The standard InChI is InChI=1S/C23H24BrN5O3/c1-4-31-18-11-10-15(24)12-16(18)21-20(14(3)27-23-25-13-26-29(21)23)22(30)28-17-8-6-7-9-19(17)32-5-2/h6-13,21H,4-5H2,1-3H3,(H,28,30)(H,25,26,27). The average Bonchev–Trinajstić information content (AvgIpc) is 3.23. The Bertz CT molecular complexity index is 1170. The molecule has 2 aromatic carbocycles. The molecule has 3 aromatic rings. The number of fused-ring (bicyclic) bond motifs is 1. The molecule has 0 aliphatic carbocycles. The quantitative estimate of drug-likeness (QED) is 0.488. The molecule has 2 N–H and O–H groups in total. The van der Waals surface area contributed by atoms with Gasteiger partial charge in [-0.25, -0.2) is 4.68 Å². The summed E-state index contributed by atoms with van der Waals surface area (Å²) in [5, 5.41) is 10.6. The summed E-state index contributed by atoms with van der Waals surface area (Å²) in [6, 6.07) is 12.6. The van der Waals surface area contributed by atoms with E-state index in [1.165, 1.54) is 6.33 Å². The first-order valence-corrected chi connectivity index (χ1v) is 11.2. The number of hydrogen-bond donors (Lipinski definition) is 2. The van der Waals surface area contributed by atoms with Crippen LogP contribution >= 0.6 is 15.9 Å². The van der Waals surface area contributed by atoms with Crippen LogP contribution in [0.3, 0.4) is 0 Å². The van der Waals surface area contributed by atoms with E-state index in [4.69, 9.17) is 9.47 Å². The van der Waals surface area contributed by atoms with Crippen LogP contribution in [0.1, 0.15) is 32.4 Å². The average molecular weight is 498 g/mol. The molecule has 1 atom stereocenters. The molecule has 166 valence electrons. The highest BCUT2D eigenvalue weighted by Crippen LogP contribution is 2.40. The molecule has 32 heavy (non-hydrogen) atoms. The fourth-order valence-electron chi connectivity index (χ4n) is 3.73. The Balaban J connectivity index is 1.80. The van der Waals surface area contributed by atoms with Crippen molar-refractivity contribution in [2.75, 3.05) is 23.8 Å². The van der Waals surface area contributed by atoms with Crippen LogP contribution in [0.4, 0.5) is 11.6 Å². The van der Waals surface area contributed by atoms with Gasteiger partial charge >= 0.3 is 0 Å². The van der Waals surface area contributed by atoms with Crippen molar-refractivity contribution in [2.45, 2.75) is 26.8 Å². The third-order valence-corrected chi connectivity index (χ3v) is 5.53. The van der Waals surface area contributed by atoms with Gasteiger partial charge in [0.25, 0.3) is 5.91 Å². The van der Waals surface area contributed by atoms with Gasteiger partial charge < -0.3 is 20.1 Å². The number of nitrogens with one attached hydrogen (secondary N) is 2. The summed E-state index contributed by atoms with van der Waals surface area (Å²) in [5.41, 5.74) is 2.59. The monoisotopic (exact) mass is 497 g/mol. The van der Waals surface area contributed by atoms with Crippen molar-refractivity contribution in [1.29, 1.82) is 0 Å². The minimum atomic E-state index is -0.535. The second kappa shape index (κ2) is 9.44. The van der Waals surface area contributed by atoms with E-state index >= 15 is 0 Å². The highest BCUT2D eigenvalue weighted by atomic mass is 79.9. The summed E-state index contributed by atoms with van der Waals surface area (Å²) < 4.78 is 14.1. The number of rotatable bonds is 7. The van der Waals surface area contributed by atoms with Crippen LogP contribution in [-0.2, 0) is 4.79 Å². The van der Waals surface area contributed by atoms with Crippen LogP contribution in [0.5, 0.6) is 11.5 Å². The Kier molecular flexibility index (Phi) is 6.45. The van der Waals surface area contributed by atoms with Gasteiger partial charge in [-0.05, 0) is 51.1 Å². The molecule has 0 spiro atoms. The number of nitrogens with zero attached hydrogens (tertiary/aromatic N) is 3. The molecule has 0 fully saturated rings. The Morgan fingerprint density at radius 2 is 1.91 bits per heavy atom. The minimum absolute atomic E-state index is 0.268. The number of hydrogen-bond acceptors (Lipinski definition) is 6. The normalized spacial score (nSPS) is 15.1. The second-order valence-electron chi connectivity index (χ2n) is 7.09. The van der Waals surface area contributed by atoms with Crippen LogP contribution in [0.15, 0.2) is 64.5 Å². The number of benzene rings is 2. The first-order valence-electron chi connectivity index (χ1n) is 10.4. The lowest BCUT2D eigenvalue weighted by Crippen LogP contribution is -2.32. The lowest BCUT2D eigenvalue weighted by Gasteiger charge is -2.30. The van der Waals surface area contributed by atoms with Gasteiger partial charge in [-0.2, -0.15) is 10.1 Å². The van der Waals surface area contributed by atoms with Gasteiger partial charge in [0, 0.05) is 15.7 Å². The Morgan fingerprint density at radius 3 is 2.69 bits per heavy atom. The minimum Gasteiger partial charge on any atom is -0.494 e. The van der Waals surface area contributed by atoms with Gasteiger partial charge in [-0.1, -0.05) is 28.1 Å². The summed E-state index contributed by atoms with van der Waals surface area (Å²) >= 11 is 3.55. The molecule has 0 saturated carbocycles. The lowest BCUT2D eigenvalue weighted by molar-refractivity contribution is -0.113. The van der Waals surface area contributed by atoms with Crippen molar-refractivity contribution in [3.8, 4) is 11.5 Å². The zero-order valence-electron chi connectivity index (χ0n) is 18.1. The van der Waals surface area contributed by atoms with Crippen LogP contribution in [0.2, 0.25) is 0 Å². The van der Waals surface area contributed by atoms with Crippen molar-refractivity contribution in [3.05, 3.63) is 70.1 Å². The molecule has 2 heterocycles. The summed E-state index contributed by atoms with van der Waals surface area (Å²) in [4.78, 5) is 17.9. The Morgan fingerprint density at radius 1 is 1.16 bits per heavy atom. The number of aromatic nitrogens is 3. The molecule has 1 aliphatic rings. The number of para-hydroxylation sites is 2. The van der Waals surface area contributed by atoms with Gasteiger partial charge in [-0.3, -0.25) is 4.79 Å². The van der Waals surface area contributed by atoms with Crippen LogP contribution in [-0.4, -0.2) is 33.9 Å². The predicted octanol–water partition coefficient (Wildman–Crippen LogP) is 4.77. The number of halogens is 1. The first-order chi connectivity index (χ1) is 15.5. The molecule has 4 rings (SSSR count). The summed E-state index contributed by atoms with van der Waals surface area (Å²) in [7, 11) is 0. The zero-order chi connectivity index (χ0) is 22.7. The second-order valence-corrected chi connectivity index (χ2v) is 8.01. The number of allylic oxidation sites excluding steroid dienone is 1. The van der Waals surface area contributed by atoms with E-state index in [1.54, 1.807) is 4.68 Å². The third-order valence-electron chi connectivity index (χ3n) is 5.04. The van der Waals surface area contributed by atoms with E-state index in [0.717, 1.165) is 10.0 Å².